The molecule has 0 aliphatic heterocycles. The predicted molar refractivity (Wildman–Crippen MR) is 114 cm³/mol. The van der Waals surface area contributed by atoms with Gasteiger partial charge in [0.2, 0.25) is 0 Å². The molecule has 2 rings (SSSR count). The van der Waals surface area contributed by atoms with Crippen LogP contribution in [0.2, 0.25) is 0 Å². The Hall–Kier alpha value is -3.24. The minimum absolute atomic E-state index is 0.0126. The van der Waals surface area contributed by atoms with E-state index < -0.39 is 16.9 Å². The van der Waals surface area contributed by atoms with Gasteiger partial charge in [0, 0.05) is 24.6 Å². The lowest BCUT2D eigenvalue weighted by Gasteiger charge is -2.20. The zero-order valence-electron chi connectivity index (χ0n) is 16.0. The molecule has 10 heteroatoms. The molecule has 0 saturated heterocycles. The summed E-state index contributed by atoms with van der Waals surface area (Å²) in [5, 5.41) is 29.6. The van der Waals surface area contributed by atoms with E-state index in [2.05, 4.69) is 21.2 Å². The Morgan fingerprint density at radius 2 is 1.77 bits per heavy atom. The first-order valence-corrected chi connectivity index (χ1v) is 9.48. The van der Waals surface area contributed by atoms with Crippen LogP contribution in [0.4, 0.5) is 5.69 Å². The summed E-state index contributed by atoms with van der Waals surface area (Å²) in [6.45, 7) is 0.784. The highest BCUT2D eigenvalue weighted by Crippen LogP contribution is 2.33. The standard InChI is InChI=1S/C16H17BrN2O3.C4H4O4/c1-18-10-9-15(12-5-3-2-4-6-12)22-16-11-13(19(20)21)7-8-14(16)17;5-3(6)1-2-4(7)8/h2-8,11,15,18H,9-10H2,1H3;1-2H,(H,5,6)(H,7,8). The van der Waals surface area contributed by atoms with Crippen molar-refractivity contribution in [2.45, 2.75) is 12.5 Å². The van der Waals surface area contributed by atoms with Crippen molar-refractivity contribution in [2.24, 2.45) is 0 Å². The summed E-state index contributed by atoms with van der Waals surface area (Å²) < 4.78 is 6.73. The first-order chi connectivity index (χ1) is 14.2. The normalized spacial score (nSPS) is 11.3. The number of carbonyl (C=O) groups is 2. The number of carboxylic acid groups (broad SMARTS) is 2. The summed E-state index contributed by atoms with van der Waals surface area (Å²) in [6, 6.07) is 14.4. The van der Waals surface area contributed by atoms with Crippen molar-refractivity contribution in [3.63, 3.8) is 0 Å². The van der Waals surface area contributed by atoms with Gasteiger partial charge in [-0.1, -0.05) is 30.3 Å². The molecular weight excluding hydrogens is 460 g/mol. The minimum atomic E-state index is -1.26. The first kappa shape index (κ1) is 24.8. The van der Waals surface area contributed by atoms with E-state index in [1.807, 2.05) is 37.4 Å². The number of carboxylic acids is 2. The third-order valence-corrected chi connectivity index (χ3v) is 4.25. The molecule has 0 aromatic heterocycles. The van der Waals surface area contributed by atoms with E-state index in [9.17, 15) is 19.7 Å². The van der Waals surface area contributed by atoms with E-state index in [0.717, 1.165) is 18.5 Å². The van der Waals surface area contributed by atoms with Gasteiger partial charge in [0.05, 0.1) is 15.5 Å². The molecule has 1 unspecified atom stereocenters. The molecule has 1 atom stereocenters. The Bertz CT molecular complexity index is 872. The van der Waals surface area contributed by atoms with Crippen molar-refractivity contribution in [1.82, 2.24) is 5.32 Å². The fourth-order valence-corrected chi connectivity index (χ4v) is 2.57. The summed E-state index contributed by atoms with van der Waals surface area (Å²) in [7, 11) is 1.88. The molecular formula is C20H21BrN2O7. The number of nitro groups is 1. The van der Waals surface area contributed by atoms with Gasteiger partial charge in [0.25, 0.3) is 5.69 Å². The van der Waals surface area contributed by atoms with Crippen molar-refractivity contribution < 1.29 is 29.5 Å². The van der Waals surface area contributed by atoms with Gasteiger partial charge in [-0.3, -0.25) is 10.1 Å². The Morgan fingerprint density at radius 3 is 2.27 bits per heavy atom. The predicted octanol–water partition coefficient (Wildman–Crippen LogP) is 3.80. The molecule has 3 N–H and O–H groups in total. The second-order valence-electron chi connectivity index (χ2n) is 5.79. The lowest BCUT2D eigenvalue weighted by molar-refractivity contribution is -0.385. The average Bonchev–Trinajstić information content (AvgIpc) is 2.71. The van der Waals surface area contributed by atoms with E-state index >= 15 is 0 Å². The number of nitrogens with zero attached hydrogens (tertiary/aromatic N) is 1. The Morgan fingerprint density at radius 1 is 1.17 bits per heavy atom. The van der Waals surface area contributed by atoms with Gasteiger partial charge >= 0.3 is 11.9 Å². The van der Waals surface area contributed by atoms with Crippen LogP contribution in [0.1, 0.15) is 18.1 Å². The van der Waals surface area contributed by atoms with Crippen LogP contribution in [0.25, 0.3) is 0 Å². The number of rotatable bonds is 9. The van der Waals surface area contributed by atoms with Gasteiger partial charge in [-0.05, 0) is 41.2 Å². The van der Waals surface area contributed by atoms with Crippen LogP contribution in [0.5, 0.6) is 5.75 Å². The molecule has 0 fully saturated rings. The molecule has 0 bridgehead atoms. The monoisotopic (exact) mass is 480 g/mol. The zero-order chi connectivity index (χ0) is 22.5. The molecule has 0 radical (unpaired) electrons. The van der Waals surface area contributed by atoms with Crippen LogP contribution in [-0.2, 0) is 9.59 Å². The van der Waals surface area contributed by atoms with E-state index in [-0.39, 0.29) is 11.8 Å². The third kappa shape index (κ3) is 9.30. The molecule has 0 aliphatic rings. The van der Waals surface area contributed by atoms with E-state index in [1.54, 1.807) is 6.07 Å². The average molecular weight is 481 g/mol. The van der Waals surface area contributed by atoms with Crippen LogP contribution in [0.15, 0.2) is 65.2 Å². The lowest BCUT2D eigenvalue weighted by Crippen LogP contribution is -2.16. The molecule has 0 spiro atoms. The second-order valence-corrected chi connectivity index (χ2v) is 6.65. The van der Waals surface area contributed by atoms with Crippen molar-refractivity contribution >= 4 is 33.6 Å². The maximum atomic E-state index is 10.9. The topological polar surface area (TPSA) is 139 Å². The molecule has 0 heterocycles. The summed E-state index contributed by atoms with van der Waals surface area (Å²) in [6.07, 6.45) is 1.70. The van der Waals surface area contributed by atoms with Crippen molar-refractivity contribution in [3.8, 4) is 5.75 Å². The fraction of sp³-hybridized carbons (Fsp3) is 0.200. The number of aliphatic carboxylic acids is 2. The first-order valence-electron chi connectivity index (χ1n) is 8.68. The van der Waals surface area contributed by atoms with E-state index in [0.29, 0.717) is 22.4 Å². The van der Waals surface area contributed by atoms with Crippen LogP contribution in [0, 0.1) is 10.1 Å². The summed E-state index contributed by atoms with van der Waals surface area (Å²) in [5.41, 5.74) is 1.05. The molecule has 160 valence electrons. The van der Waals surface area contributed by atoms with Gasteiger partial charge in [-0.2, -0.15) is 0 Å². The van der Waals surface area contributed by atoms with Crippen LogP contribution < -0.4 is 10.1 Å². The van der Waals surface area contributed by atoms with Crippen LogP contribution in [-0.4, -0.2) is 40.7 Å². The summed E-state index contributed by atoms with van der Waals surface area (Å²) in [5.74, 6) is -2.04. The summed E-state index contributed by atoms with van der Waals surface area (Å²) in [4.78, 5) is 29.6. The van der Waals surface area contributed by atoms with Crippen molar-refractivity contribution in [3.05, 3.63) is 80.8 Å². The van der Waals surface area contributed by atoms with Crippen LogP contribution in [0.3, 0.4) is 0 Å². The molecule has 2 aromatic rings. The number of non-ortho nitro benzene ring substituents is 1. The van der Waals surface area contributed by atoms with Gasteiger partial charge in [0.15, 0.2) is 0 Å². The highest BCUT2D eigenvalue weighted by atomic mass is 79.9. The molecule has 0 amide bonds. The Labute approximate surface area is 181 Å². The van der Waals surface area contributed by atoms with Crippen molar-refractivity contribution in [1.29, 1.82) is 0 Å². The van der Waals surface area contributed by atoms with Gasteiger partial charge in [-0.15, -0.1) is 0 Å². The van der Waals surface area contributed by atoms with Gasteiger partial charge < -0.3 is 20.3 Å². The quantitative estimate of drug-likeness (QED) is 0.279. The van der Waals surface area contributed by atoms with Gasteiger partial charge in [-0.25, -0.2) is 9.59 Å². The number of ether oxygens (including phenoxy) is 1. The number of nitrogens with one attached hydrogen (secondary N) is 1. The minimum Gasteiger partial charge on any atom is -0.484 e. The zero-order valence-corrected chi connectivity index (χ0v) is 17.6. The number of hydrogen-bond donors (Lipinski definition) is 3. The highest BCUT2D eigenvalue weighted by Gasteiger charge is 2.17. The largest absolute Gasteiger partial charge is 0.484 e. The maximum Gasteiger partial charge on any atom is 0.328 e. The summed E-state index contributed by atoms with van der Waals surface area (Å²) >= 11 is 3.39. The molecule has 2 aromatic carbocycles. The SMILES string of the molecule is CNCCC(Oc1cc([N+](=O)[O-])ccc1Br)c1ccccc1.O=C(O)C=CC(=O)O. The van der Waals surface area contributed by atoms with Gasteiger partial charge in [0.1, 0.15) is 11.9 Å². The van der Waals surface area contributed by atoms with Crippen molar-refractivity contribution in [2.75, 3.05) is 13.6 Å². The third-order valence-electron chi connectivity index (χ3n) is 3.59. The number of halogens is 1. The highest BCUT2D eigenvalue weighted by molar-refractivity contribution is 9.10. The maximum absolute atomic E-state index is 10.9. The fourth-order valence-electron chi connectivity index (χ4n) is 2.23. The van der Waals surface area contributed by atoms with E-state index in [1.165, 1.54) is 12.1 Å². The molecule has 0 saturated carbocycles. The Balaban J connectivity index is 0.000000479. The molecule has 9 nitrogen and oxygen atoms in total. The van der Waals surface area contributed by atoms with E-state index in [4.69, 9.17) is 14.9 Å². The van der Waals surface area contributed by atoms with Crippen LogP contribution >= 0.6 is 15.9 Å². The number of hydrogen-bond acceptors (Lipinski definition) is 6. The Kier molecular flexibility index (Phi) is 10.8. The number of benzene rings is 2. The number of nitro benzene ring substituents is 1. The molecule has 30 heavy (non-hydrogen) atoms. The second kappa shape index (κ2) is 13.1. The lowest BCUT2D eigenvalue weighted by atomic mass is 10.1. The smallest absolute Gasteiger partial charge is 0.328 e. The molecule has 0 aliphatic carbocycles.